The highest BCUT2D eigenvalue weighted by Gasteiger charge is 2.23. The maximum atomic E-state index is 5.44. The van der Waals surface area contributed by atoms with Crippen LogP contribution in [0.5, 0.6) is 0 Å². The van der Waals surface area contributed by atoms with Gasteiger partial charge in [0.05, 0.1) is 6.26 Å². The Labute approximate surface area is 120 Å². The van der Waals surface area contributed by atoms with Crippen LogP contribution in [0.4, 0.5) is 0 Å². The summed E-state index contributed by atoms with van der Waals surface area (Å²) >= 11 is 0. The first-order valence-corrected chi connectivity index (χ1v) is 7.54. The maximum Gasteiger partial charge on any atom is 0.157 e. The second-order valence-corrected chi connectivity index (χ2v) is 5.92. The normalized spacial score (nSPS) is 22.9. The average molecular weight is 272 g/mol. The maximum absolute atomic E-state index is 5.44. The van der Waals surface area contributed by atoms with Crippen LogP contribution in [0.3, 0.4) is 0 Å². The third-order valence-electron chi connectivity index (χ3n) is 4.24. The van der Waals surface area contributed by atoms with Gasteiger partial charge in [-0.25, -0.2) is 0 Å². The molecule has 0 atom stereocenters. The lowest BCUT2D eigenvalue weighted by Crippen LogP contribution is -3.27. The summed E-state index contributed by atoms with van der Waals surface area (Å²) in [6.07, 6.45) is 1.77. The number of benzene rings is 1. The van der Waals surface area contributed by atoms with Gasteiger partial charge >= 0.3 is 0 Å². The van der Waals surface area contributed by atoms with Gasteiger partial charge in [-0.2, -0.15) is 0 Å². The number of hydrogen-bond acceptors (Lipinski definition) is 1. The lowest BCUT2D eigenvalue weighted by Gasteiger charge is -2.29. The number of hydrogen-bond donors (Lipinski definition) is 2. The zero-order chi connectivity index (χ0) is 13.8. The van der Waals surface area contributed by atoms with E-state index in [9.17, 15) is 0 Å². The van der Waals surface area contributed by atoms with E-state index >= 15 is 0 Å². The van der Waals surface area contributed by atoms with Gasteiger partial charge in [-0.05, 0) is 19.1 Å². The molecule has 1 aromatic carbocycles. The fraction of sp³-hybridized carbons (Fsp3) is 0.412. The quantitative estimate of drug-likeness (QED) is 0.808. The van der Waals surface area contributed by atoms with E-state index in [1.54, 1.807) is 16.1 Å². The number of nitrogens with one attached hydrogen (secondary N) is 2. The molecule has 106 valence electrons. The molecule has 1 saturated heterocycles. The Balaban J connectivity index is 1.47. The molecule has 0 saturated carbocycles. The van der Waals surface area contributed by atoms with E-state index in [0.29, 0.717) is 0 Å². The van der Waals surface area contributed by atoms with Gasteiger partial charge in [0, 0.05) is 5.56 Å². The molecule has 2 heterocycles. The van der Waals surface area contributed by atoms with Gasteiger partial charge in [0.1, 0.15) is 39.3 Å². The van der Waals surface area contributed by atoms with Gasteiger partial charge in [0.2, 0.25) is 0 Å². The zero-order valence-corrected chi connectivity index (χ0v) is 12.2. The van der Waals surface area contributed by atoms with Crippen molar-refractivity contribution in [3.8, 4) is 0 Å². The minimum Gasteiger partial charge on any atom is -0.463 e. The van der Waals surface area contributed by atoms with Crippen LogP contribution in [0.25, 0.3) is 0 Å². The summed E-state index contributed by atoms with van der Waals surface area (Å²) in [4.78, 5) is 3.35. The summed E-state index contributed by atoms with van der Waals surface area (Å²) in [6, 6.07) is 13.0. The molecule has 0 spiro atoms. The summed E-state index contributed by atoms with van der Waals surface area (Å²) in [5.74, 6) is 1.11. The van der Waals surface area contributed by atoms with Crippen molar-refractivity contribution in [2.24, 2.45) is 0 Å². The molecule has 3 rings (SSSR count). The molecular weight excluding hydrogens is 248 g/mol. The molecule has 1 aliphatic heterocycles. The third kappa shape index (κ3) is 3.50. The predicted octanol–water partition coefficient (Wildman–Crippen LogP) is 0.0716. The Morgan fingerprint density at radius 1 is 0.900 bits per heavy atom. The molecule has 0 aliphatic carbocycles. The fourth-order valence-corrected chi connectivity index (χ4v) is 2.96. The molecule has 3 nitrogen and oxygen atoms in total. The van der Waals surface area contributed by atoms with Crippen molar-refractivity contribution in [3.63, 3.8) is 0 Å². The second kappa shape index (κ2) is 6.25. The van der Waals surface area contributed by atoms with Gasteiger partial charge in [0.15, 0.2) is 5.76 Å². The van der Waals surface area contributed by atoms with Crippen LogP contribution in [-0.4, -0.2) is 26.2 Å². The largest absolute Gasteiger partial charge is 0.463 e. The van der Waals surface area contributed by atoms with Crippen molar-refractivity contribution in [1.82, 2.24) is 0 Å². The highest BCUT2D eigenvalue weighted by atomic mass is 16.3. The van der Waals surface area contributed by atoms with Crippen molar-refractivity contribution in [3.05, 3.63) is 59.5 Å². The van der Waals surface area contributed by atoms with E-state index in [0.717, 1.165) is 18.8 Å². The Morgan fingerprint density at radius 2 is 1.55 bits per heavy atom. The van der Waals surface area contributed by atoms with Crippen molar-refractivity contribution in [2.45, 2.75) is 20.0 Å². The number of piperazine rings is 1. The van der Waals surface area contributed by atoms with E-state index in [2.05, 4.69) is 37.3 Å². The number of rotatable bonds is 4. The molecule has 2 aromatic rings. The molecule has 0 amide bonds. The third-order valence-corrected chi connectivity index (χ3v) is 4.24. The zero-order valence-electron chi connectivity index (χ0n) is 12.2. The monoisotopic (exact) mass is 272 g/mol. The minimum absolute atomic E-state index is 1.03. The fourth-order valence-electron chi connectivity index (χ4n) is 2.96. The van der Waals surface area contributed by atoms with Gasteiger partial charge in [-0.1, -0.05) is 29.8 Å². The molecule has 1 aromatic heterocycles. The number of furan rings is 1. The van der Waals surface area contributed by atoms with Crippen LogP contribution < -0.4 is 9.80 Å². The average Bonchev–Trinajstić information content (AvgIpc) is 2.96. The van der Waals surface area contributed by atoms with Crippen molar-refractivity contribution in [2.75, 3.05) is 26.2 Å². The summed E-state index contributed by atoms with van der Waals surface area (Å²) in [7, 11) is 0. The number of quaternary nitrogens is 2. The summed E-state index contributed by atoms with van der Waals surface area (Å²) in [5, 5.41) is 0. The van der Waals surface area contributed by atoms with Crippen LogP contribution in [0.2, 0.25) is 0 Å². The molecule has 0 bridgehead atoms. The lowest BCUT2D eigenvalue weighted by molar-refractivity contribution is -1.02. The van der Waals surface area contributed by atoms with Crippen LogP contribution in [-0.2, 0) is 13.1 Å². The van der Waals surface area contributed by atoms with Crippen LogP contribution in [0.15, 0.2) is 47.1 Å². The lowest BCUT2D eigenvalue weighted by atomic mass is 10.1. The highest BCUT2D eigenvalue weighted by Crippen LogP contribution is 2.01. The molecule has 1 fully saturated rings. The van der Waals surface area contributed by atoms with Crippen LogP contribution in [0.1, 0.15) is 16.9 Å². The Morgan fingerprint density at radius 3 is 2.15 bits per heavy atom. The highest BCUT2D eigenvalue weighted by molar-refractivity contribution is 5.20. The Hall–Kier alpha value is -1.58. The van der Waals surface area contributed by atoms with Gasteiger partial charge in [-0.3, -0.25) is 0 Å². The van der Waals surface area contributed by atoms with Crippen LogP contribution in [0, 0.1) is 6.92 Å². The van der Waals surface area contributed by atoms with E-state index in [-0.39, 0.29) is 0 Å². The molecule has 0 unspecified atom stereocenters. The molecule has 0 radical (unpaired) electrons. The summed E-state index contributed by atoms with van der Waals surface area (Å²) < 4.78 is 5.44. The molecule has 20 heavy (non-hydrogen) atoms. The van der Waals surface area contributed by atoms with Crippen molar-refractivity contribution < 1.29 is 14.2 Å². The topological polar surface area (TPSA) is 22.0 Å². The first-order valence-electron chi connectivity index (χ1n) is 7.54. The Kier molecular flexibility index (Phi) is 4.19. The second-order valence-electron chi connectivity index (χ2n) is 5.92. The summed E-state index contributed by atoms with van der Waals surface area (Å²) in [6.45, 7) is 9.32. The Bertz CT molecular complexity index is 510. The standard InChI is InChI=1S/C17H22N2O/c1-15-4-6-16(7-5-15)13-18-8-10-19(11-9-18)14-17-3-2-12-20-17/h2-7,12H,8-11,13-14H2,1H3/p+2. The SMILES string of the molecule is Cc1ccc(C[NH+]2CC[NH+](Cc3ccco3)CC2)cc1. The van der Waals surface area contributed by atoms with E-state index in [1.807, 2.05) is 6.07 Å². The van der Waals surface area contributed by atoms with E-state index in [4.69, 9.17) is 4.42 Å². The number of aryl methyl sites for hydroxylation is 1. The first kappa shape index (κ1) is 13.4. The first-order chi connectivity index (χ1) is 9.79. The van der Waals surface area contributed by atoms with E-state index in [1.165, 1.54) is 37.3 Å². The van der Waals surface area contributed by atoms with Gasteiger partial charge in [-0.15, -0.1) is 0 Å². The van der Waals surface area contributed by atoms with Crippen LogP contribution >= 0.6 is 0 Å². The molecule has 3 heteroatoms. The van der Waals surface area contributed by atoms with Gasteiger partial charge in [0.25, 0.3) is 0 Å². The predicted molar refractivity (Wildman–Crippen MR) is 78.7 cm³/mol. The van der Waals surface area contributed by atoms with Crippen molar-refractivity contribution in [1.29, 1.82) is 0 Å². The smallest absolute Gasteiger partial charge is 0.157 e. The molecular formula is C17H24N2O+2. The van der Waals surface area contributed by atoms with Gasteiger partial charge < -0.3 is 14.2 Å². The van der Waals surface area contributed by atoms with Crippen molar-refractivity contribution >= 4 is 0 Å². The molecule has 2 N–H and O–H groups in total. The minimum atomic E-state index is 1.03. The summed E-state index contributed by atoms with van der Waals surface area (Å²) in [5.41, 5.74) is 2.80. The molecule has 1 aliphatic rings. The van der Waals surface area contributed by atoms with E-state index < -0.39 is 0 Å².